The normalized spacial score (nSPS) is 10.6. The zero-order chi connectivity index (χ0) is 14.2. The molecular weight excluding hydrogens is 344 g/mol. The van der Waals surface area contributed by atoms with Crippen molar-refractivity contribution >= 4 is 33.3 Å². The predicted molar refractivity (Wildman–Crippen MR) is 68.9 cm³/mol. The molecule has 98 valence electrons. The van der Waals surface area contributed by atoms with Crippen LogP contribution in [0.1, 0.15) is 15.9 Å². The highest BCUT2D eigenvalue weighted by atomic mass is 79.9. The van der Waals surface area contributed by atoms with Gasteiger partial charge >= 0.3 is 0 Å². The number of carbonyl (C=O) groups excluding carboxylic acids is 1. The van der Waals surface area contributed by atoms with Crippen LogP contribution in [-0.4, -0.2) is 5.78 Å². The van der Waals surface area contributed by atoms with Gasteiger partial charge in [-0.05, 0) is 46.3 Å². The number of carbonyl (C=O) groups is 1. The van der Waals surface area contributed by atoms with Crippen LogP contribution in [-0.2, 0) is 0 Å². The molecule has 0 amide bonds. The summed E-state index contributed by atoms with van der Waals surface area (Å²) in [6.07, 6.45) is 0. The molecule has 0 fully saturated rings. The summed E-state index contributed by atoms with van der Waals surface area (Å²) in [6.45, 7) is 0. The molecule has 0 N–H and O–H groups in total. The second-order valence-corrected chi connectivity index (χ2v) is 4.94. The summed E-state index contributed by atoms with van der Waals surface area (Å²) in [4.78, 5) is 12.0. The van der Waals surface area contributed by atoms with Gasteiger partial charge in [0.15, 0.2) is 23.2 Å². The molecule has 0 saturated carbocycles. The van der Waals surface area contributed by atoms with E-state index in [0.717, 1.165) is 6.07 Å². The molecule has 0 radical (unpaired) electrons. The van der Waals surface area contributed by atoms with Crippen molar-refractivity contribution in [3.05, 3.63) is 68.4 Å². The molecule has 0 aliphatic carbocycles. The Morgan fingerprint density at radius 1 is 1.05 bits per heavy atom. The van der Waals surface area contributed by atoms with E-state index in [2.05, 4.69) is 15.9 Å². The molecule has 1 nitrogen and oxygen atoms in total. The molecule has 2 aromatic rings. The lowest BCUT2D eigenvalue weighted by atomic mass is 10.0. The van der Waals surface area contributed by atoms with Gasteiger partial charge in [0.1, 0.15) is 0 Å². The average molecular weight is 350 g/mol. The Hall–Kier alpha value is -1.33. The number of benzene rings is 2. The molecule has 0 spiro atoms. The van der Waals surface area contributed by atoms with Crippen molar-refractivity contribution in [3.63, 3.8) is 0 Å². The van der Waals surface area contributed by atoms with Crippen molar-refractivity contribution in [1.82, 2.24) is 0 Å². The summed E-state index contributed by atoms with van der Waals surface area (Å²) < 4.78 is 39.8. The quantitative estimate of drug-likeness (QED) is 0.565. The largest absolute Gasteiger partial charge is 0.288 e. The van der Waals surface area contributed by atoms with E-state index >= 15 is 0 Å². The Labute approximate surface area is 120 Å². The Kier molecular flexibility index (Phi) is 3.96. The van der Waals surface area contributed by atoms with E-state index in [1.165, 1.54) is 18.2 Å². The number of rotatable bonds is 2. The summed E-state index contributed by atoms with van der Waals surface area (Å²) in [7, 11) is 0. The zero-order valence-electron chi connectivity index (χ0n) is 9.18. The summed E-state index contributed by atoms with van der Waals surface area (Å²) in [5, 5.41) is 0.377. The first kappa shape index (κ1) is 14.1. The van der Waals surface area contributed by atoms with Crippen LogP contribution in [0.2, 0.25) is 5.02 Å². The van der Waals surface area contributed by atoms with Gasteiger partial charge in [-0.1, -0.05) is 11.6 Å². The second-order valence-electron chi connectivity index (χ2n) is 3.68. The molecule has 0 aromatic heterocycles. The molecule has 19 heavy (non-hydrogen) atoms. The van der Waals surface area contributed by atoms with Crippen LogP contribution in [0.25, 0.3) is 0 Å². The van der Waals surface area contributed by atoms with E-state index in [-0.39, 0.29) is 5.56 Å². The minimum absolute atomic E-state index is 0.112. The fourth-order valence-electron chi connectivity index (χ4n) is 1.49. The minimum Gasteiger partial charge on any atom is -0.288 e. The van der Waals surface area contributed by atoms with Crippen LogP contribution >= 0.6 is 27.5 Å². The molecule has 6 heteroatoms. The maximum atomic E-state index is 13.5. The molecule has 2 aromatic carbocycles. The highest BCUT2D eigenvalue weighted by molar-refractivity contribution is 9.10. The van der Waals surface area contributed by atoms with Crippen molar-refractivity contribution in [2.45, 2.75) is 0 Å². The van der Waals surface area contributed by atoms with E-state index < -0.39 is 28.8 Å². The first-order valence-corrected chi connectivity index (χ1v) is 6.22. The highest BCUT2D eigenvalue weighted by Gasteiger charge is 2.20. The smallest absolute Gasteiger partial charge is 0.196 e. The van der Waals surface area contributed by atoms with Crippen molar-refractivity contribution in [2.24, 2.45) is 0 Å². The third-order valence-electron chi connectivity index (χ3n) is 2.46. The van der Waals surface area contributed by atoms with Gasteiger partial charge in [-0.2, -0.15) is 0 Å². The summed E-state index contributed by atoms with van der Waals surface area (Å²) in [5.41, 5.74) is -0.422. The van der Waals surface area contributed by atoms with Crippen molar-refractivity contribution < 1.29 is 18.0 Å². The third kappa shape index (κ3) is 2.67. The average Bonchev–Trinajstić information content (AvgIpc) is 2.39. The molecule has 0 atom stereocenters. The Balaban J connectivity index is 2.50. The molecule has 0 unspecified atom stereocenters. The van der Waals surface area contributed by atoms with Crippen molar-refractivity contribution in [3.8, 4) is 0 Å². The van der Waals surface area contributed by atoms with Crippen LogP contribution in [0.3, 0.4) is 0 Å². The number of ketones is 1. The molecule has 0 saturated heterocycles. The molecule has 0 aliphatic rings. The second kappa shape index (κ2) is 5.35. The lowest BCUT2D eigenvalue weighted by Crippen LogP contribution is -2.07. The molecule has 0 aliphatic heterocycles. The zero-order valence-corrected chi connectivity index (χ0v) is 11.5. The Bertz CT molecular complexity index is 673. The van der Waals surface area contributed by atoms with E-state index in [1.54, 1.807) is 0 Å². The molecule has 2 rings (SSSR count). The Morgan fingerprint density at radius 3 is 2.37 bits per heavy atom. The van der Waals surface area contributed by atoms with Gasteiger partial charge in [0.2, 0.25) is 0 Å². The summed E-state index contributed by atoms with van der Waals surface area (Å²) in [5.74, 6) is -5.27. The Morgan fingerprint density at radius 2 is 1.74 bits per heavy atom. The van der Waals surface area contributed by atoms with Crippen molar-refractivity contribution in [2.75, 3.05) is 0 Å². The first-order chi connectivity index (χ1) is 8.91. The first-order valence-electron chi connectivity index (χ1n) is 5.05. The standard InChI is InChI=1S/C13H5BrClF3O/c14-8-5-6(1-3-9(8)15)13(19)7-2-4-10(16)12(18)11(7)17/h1-5H. The van der Waals surface area contributed by atoms with Gasteiger partial charge in [0.25, 0.3) is 0 Å². The topological polar surface area (TPSA) is 17.1 Å². The number of hydrogen-bond donors (Lipinski definition) is 0. The van der Waals surface area contributed by atoms with Crippen LogP contribution in [0, 0.1) is 17.5 Å². The van der Waals surface area contributed by atoms with Crippen LogP contribution in [0.5, 0.6) is 0 Å². The predicted octanol–water partition coefficient (Wildman–Crippen LogP) is 4.75. The van der Waals surface area contributed by atoms with Crippen LogP contribution in [0.4, 0.5) is 13.2 Å². The lowest BCUT2D eigenvalue weighted by Gasteiger charge is -2.05. The van der Waals surface area contributed by atoms with Crippen LogP contribution in [0.15, 0.2) is 34.8 Å². The third-order valence-corrected chi connectivity index (χ3v) is 3.68. The van der Waals surface area contributed by atoms with E-state index in [9.17, 15) is 18.0 Å². The van der Waals surface area contributed by atoms with E-state index in [0.29, 0.717) is 15.6 Å². The monoisotopic (exact) mass is 348 g/mol. The number of hydrogen-bond acceptors (Lipinski definition) is 1. The van der Waals surface area contributed by atoms with Gasteiger partial charge in [0.05, 0.1) is 10.6 Å². The highest BCUT2D eigenvalue weighted by Crippen LogP contribution is 2.25. The SMILES string of the molecule is O=C(c1ccc(Cl)c(Br)c1)c1ccc(F)c(F)c1F. The fourth-order valence-corrected chi connectivity index (χ4v) is 1.99. The summed E-state index contributed by atoms with van der Waals surface area (Å²) in [6, 6.07) is 5.80. The summed E-state index contributed by atoms with van der Waals surface area (Å²) >= 11 is 8.89. The fraction of sp³-hybridized carbons (Fsp3) is 0. The lowest BCUT2D eigenvalue weighted by molar-refractivity contribution is 0.103. The molecule has 0 bridgehead atoms. The molecule has 0 heterocycles. The van der Waals surface area contributed by atoms with Gasteiger partial charge in [-0.15, -0.1) is 0 Å². The minimum atomic E-state index is -1.67. The van der Waals surface area contributed by atoms with Crippen LogP contribution < -0.4 is 0 Å². The van der Waals surface area contributed by atoms with E-state index in [1.807, 2.05) is 0 Å². The van der Waals surface area contributed by atoms with Crippen molar-refractivity contribution in [1.29, 1.82) is 0 Å². The van der Waals surface area contributed by atoms with Gasteiger partial charge in [-0.3, -0.25) is 4.79 Å². The molecular formula is C13H5BrClF3O. The van der Waals surface area contributed by atoms with Gasteiger partial charge in [-0.25, -0.2) is 13.2 Å². The van der Waals surface area contributed by atoms with E-state index in [4.69, 9.17) is 11.6 Å². The van der Waals surface area contributed by atoms with Gasteiger partial charge in [0, 0.05) is 10.0 Å². The number of halogens is 5. The maximum absolute atomic E-state index is 13.5. The van der Waals surface area contributed by atoms with Gasteiger partial charge < -0.3 is 0 Å². The maximum Gasteiger partial charge on any atom is 0.196 e.